The molecule has 0 spiro atoms. The lowest BCUT2D eigenvalue weighted by molar-refractivity contribution is 0.576. The minimum atomic E-state index is 0.578. The number of rotatable bonds is 4. The molecular formula is C18H21N7. The average Bonchev–Trinajstić information content (AvgIpc) is 3.10. The predicted molar refractivity (Wildman–Crippen MR) is 97.7 cm³/mol. The summed E-state index contributed by atoms with van der Waals surface area (Å²) >= 11 is 0. The van der Waals surface area contributed by atoms with Gasteiger partial charge >= 0.3 is 0 Å². The lowest BCUT2D eigenvalue weighted by Gasteiger charge is -2.18. The van der Waals surface area contributed by atoms with Gasteiger partial charge in [0.25, 0.3) is 0 Å². The quantitative estimate of drug-likeness (QED) is 0.721. The van der Waals surface area contributed by atoms with Crippen molar-refractivity contribution in [3.63, 3.8) is 0 Å². The van der Waals surface area contributed by atoms with Crippen LogP contribution in [-0.2, 0) is 6.42 Å². The van der Waals surface area contributed by atoms with Gasteiger partial charge in [0.15, 0.2) is 0 Å². The Morgan fingerprint density at radius 1 is 1.12 bits per heavy atom. The zero-order valence-corrected chi connectivity index (χ0v) is 14.5. The number of pyridine rings is 1. The molecule has 0 bridgehead atoms. The molecule has 25 heavy (non-hydrogen) atoms. The van der Waals surface area contributed by atoms with Crippen molar-refractivity contribution in [2.24, 2.45) is 5.92 Å². The molecule has 1 aliphatic rings. The van der Waals surface area contributed by atoms with Crippen molar-refractivity contribution in [3.05, 3.63) is 42.7 Å². The van der Waals surface area contributed by atoms with Crippen LogP contribution >= 0.6 is 0 Å². The van der Waals surface area contributed by atoms with E-state index in [4.69, 9.17) is 4.98 Å². The van der Waals surface area contributed by atoms with Crippen LogP contribution in [0.25, 0.3) is 11.0 Å². The highest BCUT2D eigenvalue weighted by atomic mass is 15.2. The number of hydrogen-bond donors (Lipinski definition) is 0. The summed E-state index contributed by atoms with van der Waals surface area (Å²) in [7, 11) is 4.00. The van der Waals surface area contributed by atoms with Gasteiger partial charge < -0.3 is 9.80 Å². The topological polar surface area (TPSA) is 70.9 Å². The fraction of sp³-hybridized carbons (Fsp3) is 0.389. The number of hydrogen-bond acceptors (Lipinski definition) is 7. The van der Waals surface area contributed by atoms with Crippen molar-refractivity contribution in [3.8, 4) is 0 Å². The standard InChI is InChI=1S/C18H21N7/c1-24(2)18-8-14(20-12-22-18)7-13-5-6-25(10-13)17-4-3-15-16(23-17)9-19-11-21-15/h3-4,8-9,11-13H,5-7,10H2,1-2H3. The van der Waals surface area contributed by atoms with Gasteiger partial charge in [0, 0.05) is 38.9 Å². The Morgan fingerprint density at radius 3 is 2.92 bits per heavy atom. The molecule has 0 amide bonds. The van der Waals surface area contributed by atoms with Crippen LogP contribution < -0.4 is 9.80 Å². The highest BCUT2D eigenvalue weighted by Crippen LogP contribution is 2.26. The van der Waals surface area contributed by atoms with Gasteiger partial charge in [-0.05, 0) is 30.9 Å². The molecule has 4 heterocycles. The Hall–Kier alpha value is -2.83. The molecule has 4 rings (SSSR count). The molecule has 3 aromatic rings. The van der Waals surface area contributed by atoms with Gasteiger partial charge in [-0.2, -0.15) is 0 Å². The van der Waals surface area contributed by atoms with E-state index in [2.05, 4.69) is 30.9 Å². The molecule has 1 atom stereocenters. The van der Waals surface area contributed by atoms with Crippen molar-refractivity contribution >= 4 is 22.7 Å². The van der Waals surface area contributed by atoms with Gasteiger partial charge in [-0.3, -0.25) is 0 Å². The van der Waals surface area contributed by atoms with Crippen LogP contribution in [0.4, 0.5) is 11.6 Å². The SMILES string of the molecule is CN(C)c1cc(CC2CCN(c3ccc4ncncc4n3)C2)ncn1. The minimum Gasteiger partial charge on any atom is -0.363 e. The fourth-order valence-corrected chi connectivity index (χ4v) is 3.28. The van der Waals surface area contributed by atoms with Gasteiger partial charge in [0.2, 0.25) is 0 Å². The van der Waals surface area contributed by atoms with Crippen LogP contribution in [0.2, 0.25) is 0 Å². The van der Waals surface area contributed by atoms with E-state index in [0.29, 0.717) is 5.92 Å². The van der Waals surface area contributed by atoms with Crippen LogP contribution in [0.1, 0.15) is 12.1 Å². The van der Waals surface area contributed by atoms with Crippen LogP contribution in [0.3, 0.4) is 0 Å². The third kappa shape index (κ3) is 3.35. The maximum atomic E-state index is 4.70. The lowest BCUT2D eigenvalue weighted by atomic mass is 10.0. The molecule has 0 N–H and O–H groups in total. The molecule has 1 aliphatic heterocycles. The van der Waals surface area contributed by atoms with Gasteiger partial charge in [-0.25, -0.2) is 24.9 Å². The lowest BCUT2D eigenvalue weighted by Crippen LogP contribution is -2.21. The number of fused-ring (bicyclic) bond motifs is 1. The van der Waals surface area contributed by atoms with E-state index in [-0.39, 0.29) is 0 Å². The van der Waals surface area contributed by atoms with E-state index < -0.39 is 0 Å². The zero-order chi connectivity index (χ0) is 17.2. The second-order valence-electron chi connectivity index (χ2n) is 6.66. The Kier molecular flexibility index (Phi) is 4.13. The Bertz CT molecular complexity index is 880. The van der Waals surface area contributed by atoms with E-state index in [1.807, 2.05) is 31.1 Å². The summed E-state index contributed by atoms with van der Waals surface area (Å²) in [5.41, 5.74) is 2.83. The summed E-state index contributed by atoms with van der Waals surface area (Å²) in [5, 5.41) is 0. The molecule has 0 radical (unpaired) electrons. The Balaban J connectivity index is 1.46. The van der Waals surface area contributed by atoms with E-state index in [9.17, 15) is 0 Å². The van der Waals surface area contributed by atoms with Gasteiger partial charge in [0.1, 0.15) is 29.8 Å². The van der Waals surface area contributed by atoms with Crippen molar-refractivity contribution in [1.29, 1.82) is 0 Å². The van der Waals surface area contributed by atoms with Crippen molar-refractivity contribution in [1.82, 2.24) is 24.9 Å². The number of anilines is 2. The first-order valence-corrected chi connectivity index (χ1v) is 8.49. The molecule has 0 aromatic carbocycles. The monoisotopic (exact) mass is 335 g/mol. The molecule has 0 saturated carbocycles. The number of aromatic nitrogens is 5. The summed E-state index contributed by atoms with van der Waals surface area (Å²) in [6.45, 7) is 2.01. The molecule has 128 valence electrons. The van der Waals surface area contributed by atoms with Gasteiger partial charge in [-0.1, -0.05) is 0 Å². The maximum Gasteiger partial charge on any atom is 0.131 e. The second-order valence-corrected chi connectivity index (χ2v) is 6.66. The molecule has 7 heteroatoms. The molecule has 1 fully saturated rings. The summed E-state index contributed by atoms with van der Waals surface area (Å²) < 4.78 is 0. The highest BCUT2D eigenvalue weighted by molar-refractivity contribution is 5.75. The van der Waals surface area contributed by atoms with Gasteiger partial charge in [-0.15, -0.1) is 0 Å². The summed E-state index contributed by atoms with van der Waals surface area (Å²) in [4.78, 5) is 26.1. The molecule has 0 aliphatic carbocycles. The molecule has 1 unspecified atom stereocenters. The number of nitrogens with zero attached hydrogens (tertiary/aromatic N) is 7. The summed E-state index contributed by atoms with van der Waals surface area (Å²) in [6.07, 6.45) is 7.09. The summed E-state index contributed by atoms with van der Waals surface area (Å²) in [5.74, 6) is 2.53. The van der Waals surface area contributed by atoms with Crippen LogP contribution in [0, 0.1) is 5.92 Å². The molecule has 3 aromatic heterocycles. The first-order chi connectivity index (χ1) is 12.2. The van der Waals surface area contributed by atoms with Crippen molar-refractivity contribution in [2.45, 2.75) is 12.8 Å². The second kappa shape index (κ2) is 6.58. The van der Waals surface area contributed by atoms with Crippen LogP contribution in [-0.4, -0.2) is 52.1 Å². The fourth-order valence-electron chi connectivity index (χ4n) is 3.28. The van der Waals surface area contributed by atoms with E-state index in [1.54, 1.807) is 18.9 Å². The van der Waals surface area contributed by atoms with Crippen molar-refractivity contribution in [2.75, 3.05) is 37.0 Å². The van der Waals surface area contributed by atoms with Crippen LogP contribution in [0.15, 0.2) is 37.1 Å². The highest BCUT2D eigenvalue weighted by Gasteiger charge is 2.24. The molecular weight excluding hydrogens is 314 g/mol. The predicted octanol–water partition coefficient (Wildman–Crippen LogP) is 1.95. The van der Waals surface area contributed by atoms with Crippen molar-refractivity contribution < 1.29 is 0 Å². The Labute approximate surface area is 146 Å². The minimum absolute atomic E-state index is 0.578. The average molecular weight is 335 g/mol. The molecule has 1 saturated heterocycles. The largest absolute Gasteiger partial charge is 0.363 e. The third-order valence-corrected chi connectivity index (χ3v) is 4.62. The first-order valence-electron chi connectivity index (χ1n) is 8.49. The van der Waals surface area contributed by atoms with E-state index >= 15 is 0 Å². The maximum absolute atomic E-state index is 4.70. The van der Waals surface area contributed by atoms with E-state index in [0.717, 1.165) is 54.3 Å². The normalized spacial score (nSPS) is 17.2. The van der Waals surface area contributed by atoms with Gasteiger partial charge in [0.05, 0.1) is 11.7 Å². The van der Waals surface area contributed by atoms with Crippen LogP contribution in [0.5, 0.6) is 0 Å². The van der Waals surface area contributed by atoms with E-state index in [1.165, 1.54) is 0 Å². The smallest absolute Gasteiger partial charge is 0.131 e. The summed E-state index contributed by atoms with van der Waals surface area (Å²) in [6, 6.07) is 6.14. The zero-order valence-electron chi connectivity index (χ0n) is 14.5. The third-order valence-electron chi connectivity index (χ3n) is 4.62. The first kappa shape index (κ1) is 15.7. The Morgan fingerprint density at radius 2 is 2.04 bits per heavy atom. The molecule has 7 nitrogen and oxygen atoms in total.